The van der Waals surface area contributed by atoms with Crippen LogP contribution in [0.5, 0.6) is 0 Å². The Labute approximate surface area is 62.6 Å². The summed E-state index contributed by atoms with van der Waals surface area (Å²) >= 11 is 0. The molecule has 11 heavy (non-hydrogen) atoms. The predicted octanol–water partition coefficient (Wildman–Crippen LogP) is -1.10. The standard InChI is InChI=1S/C5H8N2O4/c1-2-3-7(11)5(9)4(8)6-10/h2,10-11H,1,3H2,(H,6,8). The molecule has 6 heteroatoms. The second-order valence-electron chi connectivity index (χ2n) is 1.62. The molecule has 0 heterocycles. The van der Waals surface area contributed by atoms with E-state index in [1.165, 1.54) is 6.08 Å². The molecule has 0 aliphatic heterocycles. The summed E-state index contributed by atoms with van der Waals surface area (Å²) in [4.78, 5) is 20.8. The lowest BCUT2D eigenvalue weighted by atomic mass is 10.5. The molecule has 0 unspecified atom stereocenters. The first-order chi connectivity index (χ1) is 5.13. The van der Waals surface area contributed by atoms with Crippen molar-refractivity contribution >= 4 is 11.8 Å². The Bertz CT molecular complexity index is 179. The average molecular weight is 160 g/mol. The monoisotopic (exact) mass is 160 g/mol. The summed E-state index contributed by atoms with van der Waals surface area (Å²) in [5.41, 5.74) is 1.08. The molecule has 0 fully saturated rings. The fourth-order valence-corrected chi connectivity index (χ4v) is 0.370. The summed E-state index contributed by atoms with van der Waals surface area (Å²) in [6.07, 6.45) is 1.22. The number of hydroxylamine groups is 3. The molecule has 0 aromatic carbocycles. The van der Waals surface area contributed by atoms with E-state index < -0.39 is 11.8 Å². The Morgan fingerprint density at radius 1 is 1.64 bits per heavy atom. The molecule has 62 valence electrons. The van der Waals surface area contributed by atoms with Crippen LogP contribution in [0.25, 0.3) is 0 Å². The lowest BCUT2D eigenvalue weighted by molar-refractivity contribution is -0.171. The highest BCUT2D eigenvalue weighted by atomic mass is 16.5. The van der Waals surface area contributed by atoms with Gasteiger partial charge in [-0.15, -0.1) is 6.58 Å². The maximum absolute atomic E-state index is 10.5. The maximum Gasteiger partial charge on any atom is 0.337 e. The van der Waals surface area contributed by atoms with E-state index in [1.807, 2.05) is 0 Å². The predicted molar refractivity (Wildman–Crippen MR) is 33.6 cm³/mol. The number of hydrogen-bond acceptors (Lipinski definition) is 4. The Morgan fingerprint density at radius 2 is 2.18 bits per heavy atom. The molecule has 0 radical (unpaired) electrons. The van der Waals surface area contributed by atoms with Crippen LogP contribution in [0.3, 0.4) is 0 Å². The van der Waals surface area contributed by atoms with Crippen LogP contribution in [-0.4, -0.2) is 33.8 Å². The third-order valence-corrected chi connectivity index (χ3v) is 0.832. The van der Waals surface area contributed by atoms with E-state index in [0.717, 1.165) is 5.48 Å². The Balaban J connectivity index is 4.01. The zero-order chi connectivity index (χ0) is 8.85. The van der Waals surface area contributed by atoms with Crippen LogP contribution >= 0.6 is 0 Å². The number of carbonyl (C=O) groups is 2. The second kappa shape index (κ2) is 4.42. The number of hydrogen-bond donors (Lipinski definition) is 3. The smallest absolute Gasteiger partial charge is 0.288 e. The first-order valence-electron chi connectivity index (χ1n) is 2.69. The molecule has 0 saturated carbocycles. The molecule has 0 aromatic heterocycles. The first kappa shape index (κ1) is 9.60. The van der Waals surface area contributed by atoms with Crippen molar-refractivity contribution in [3.8, 4) is 0 Å². The normalized spacial score (nSPS) is 8.55. The van der Waals surface area contributed by atoms with Gasteiger partial charge in [0, 0.05) is 0 Å². The van der Waals surface area contributed by atoms with Crippen LogP contribution in [0.15, 0.2) is 12.7 Å². The molecular weight excluding hydrogens is 152 g/mol. The Hall–Kier alpha value is -1.40. The van der Waals surface area contributed by atoms with Crippen LogP contribution in [0.2, 0.25) is 0 Å². The molecular formula is C5H8N2O4. The van der Waals surface area contributed by atoms with Crippen LogP contribution in [0.4, 0.5) is 0 Å². The molecule has 6 nitrogen and oxygen atoms in total. The lowest BCUT2D eigenvalue weighted by Gasteiger charge is -2.09. The van der Waals surface area contributed by atoms with Gasteiger partial charge in [-0.1, -0.05) is 6.08 Å². The van der Waals surface area contributed by atoms with Crippen LogP contribution in [0.1, 0.15) is 0 Å². The van der Waals surface area contributed by atoms with Gasteiger partial charge in [0.2, 0.25) is 0 Å². The van der Waals surface area contributed by atoms with E-state index in [-0.39, 0.29) is 11.6 Å². The fourth-order valence-electron chi connectivity index (χ4n) is 0.370. The van der Waals surface area contributed by atoms with Crippen LogP contribution in [-0.2, 0) is 9.59 Å². The highest BCUT2D eigenvalue weighted by molar-refractivity contribution is 6.34. The summed E-state index contributed by atoms with van der Waals surface area (Å²) in [5, 5.41) is 16.7. The third kappa shape index (κ3) is 2.78. The van der Waals surface area contributed by atoms with Gasteiger partial charge in [0.1, 0.15) is 0 Å². The van der Waals surface area contributed by atoms with Gasteiger partial charge in [0.25, 0.3) is 0 Å². The summed E-state index contributed by atoms with van der Waals surface area (Å²) in [6, 6.07) is 0. The highest BCUT2D eigenvalue weighted by Crippen LogP contribution is 1.83. The minimum atomic E-state index is -1.30. The molecule has 0 atom stereocenters. The van der Waals surface area contributed by atoms with E-state index in [4.69, 9.17) is 10.4 Å². The molecule has 0 aliphatic rings. The lowest BCUT2D eigenvalue weighted by Crippen LogP contribution is -2.40. The Morgan fingerprint density at radius 3 is 2.55 bits per heavy atom. The van der Waals surface area contributed by atoms with Crippen molar-refractivity contribution < 1.29 is 20.0 Å². The zero-order valence-corrected chi connectivity index (χ0v) is 5.65. The number of rotatable bonds is 2. The molecule has 0 spiro atoms. The van der Waals surface area contributed by atoms with Crippen LogP contribution < -0.4 is 5.48 Å². The largest absolute Gasteiger partial charge is 0.337 e. The van der Waals surface area contributed by atoms with E-state index in [0.29, 0.717) is 0 Å². The number of nitrogens with one attached hydrogen (secondary N) is 1. The number of nitrogens with zero attached hydrogens (tertiary/aromatic N) is 1. The van der Waals surface area contributed by atoms with Gasteiger partial charge in [-0.25, -0.2) is 10.5 Å². The van der Waals surface area contributed by atoms with Gasteiger partial charge in [0.15, 0.2) is 0 Å². The maximum atomic E-state index is 10.5. The first-order valence-corrected chi connectivity index (χ1v) is 2.69. The zero-order valence-electron chi connectivity index (χ0n) is 5.65. The molecule has 0 saturated heterocycles. The third-order valence-electron chi connectivity index (χ3n) is 0.832. The van der Waals surface area contributed by atoms with Crippen molar-refractivity contribution in [3.05, 3.63) is 12.7 Å². The number of amides is 2. The summed E-state index contributed by atoms with van der Waals surface area (Å²) in [7, 11) is 0. The van der Waals surface area contributed by atoms with Gasteiger partial charge < -0.3 is 0 Å². The molecule has 0 aliphatic carbocycles. The van der Waals surface area contributed by atoms with Gasteiger partial charge >= 0.3 is 11.8 Å². The van der Waals surface area contributed by atoms with E-state index in [9.17, 15) is 9.59 Å². The molecule has 3 N–H and O–H groups in total. The molecule has 0 bridgehead atoms. The fraction of sp³-hybridized carbons (Fsp3) is 0.200. The van der Waals surface area contributed by atoms with Gasteiger partial charge in [-0.3, -0.25) is 20.0 Å². The molecule has 0 rings (SSSR count). The summed E-state index contributed by atoms with van der Waals surface area (Å²) in [5.74, 6) is -2.54. The van der Waals surface area contributed by atoms with Gasteiger partial charge in [-0.2, -0.15) is 0 Å². The van der Waals surface area contributed by atoms with E-state index >= 15 is 0 Å². The van der Waals surface area contributed by atoms with Crippen LogP contribution in [0, 0.1) is 0 Å². The minimum absolute atomic E-state index is 0.124. The second-order valence-corrected chi connectivity index (χ2v) is 1.62. The van der Waals surface area contributed by atoms with E-state index in [2.05, 4.69) is 6.58 Å². The van der Waals surface area contributed by atoms with Crippen molar-refractivity contribution in [2.24, 2.45) is 0 Å². The number of carbonyl (C=O) groups excluding carboxylic acids is 2. The van der Waals surface area contributed by atoms with Crippen molar-refractivity contribution in [1.82, 2.24) is 10.5 Å². The highest BCUT2D eigenvalue weighted by Gasteiger charge is 2.17. The van der Waals surface area contributed by atoms with E-state index in [1.54, 1.807) is 0 Å². The van der Waals surface area contributed by atoms with Crippen molar-refractivity contribution in [2.45, 2.75) is 0 Å². The summed E-state index contributed by atoms with van der Waals surface area (Å²) in [6.45, 7) is 3.05. The van der Waals surface area contributed by atoms with Gasteiger partial charge in [0.05, 0.1) is 6.54 Å². The van der Waals surface area contributed by atoms with Crippen molar-refractivity contribution in [3.63, 3.8) is 0 Å². The quantitative estimate of drug-likeness (QED) is 0.207. The minimum Gasteiger partial charge on any atom is -0.288 e. The topological polar surface area (TPSA) is 89.9 Å². The van der Waals surface area contributed by atoms with Crippen molar-refractivity contribution in [1.29, 1.82) is 0 Å². The van der Waals surface area contributed by atoms with Gasteiger partial charge in [-0.05, 0) is 0 Å². The SMILES string of the molecule is C=CCN(O)C(=O)C(=O)NO. The molecule has 2 amide bonds. The summed E-state index contributed by atoms with van der Waals surface area (Å²) < 4.78 is 0. The molecule has 0 aromatic rings. The Kier molecular flexibility index (Phi) is 3.86. The van der Waals surface area contributed by atoms with Crippen molar-refractivity contribution in [2.75, 3.05) is 6.54 Å². The average Bonchev–Trinajstić information content (AvgIpc) is 2.02.